The number of carbonyl (C=O) groups is 1. The molecule has 0 atom stereocenters. The van der Waals surface area contributed by atoms with Gasteiger partial charge in [0.15, 0.2) is 0 Å². The van der Waals surface area contributed by atoms with Crippen molar-refractivity contribution in [2.75, 3.05) is 5.32 Å². The van der Waals surface area contributed by atoms with E-state index in [-0.39, 0.29) is 5.91 Å². The Bertz CT molecular complexity index is 856. The van der Waals surface area contributed by atoms with Crippen LogP contribution >= 0.6 is 0 Å². The van der Waals surface area contributed by atoms with Crippen molar-refractivity contribution in [1.82, 2.24) is 4.98 Å². The fourth-order valence-electron chi connectivity index (χ4n) is 2.86. The molecular formula is C19H14N2O. The number of anilines is 1. The zero-order valence-corrected chi connectivity index (χ0v) is 11.9. The van der Waals surface area contributed by atoms with Crippen LogP contribution in [0, 0.1) is 0 Å². The van der Waals surface area contributed by atoms with Gasteiger partial charge >= 0.3 is 0 Å². The van der Waals surface area contributed by atoms with E-state index in [1.165, 1.54) is 11.1 Å². The van der Waals surface area contributed by atoms with Crippen LogP contribution in [0.3, 0.4) is 0 Å². The molecule has 1 aromatic heterocycles. The summed E-state index contributed by atoms with van der Waals surface area (Å²) in [6.45, 7) is 0. The van der Waals surface area contributed by atoms with Gasteiger partial charge < -0.3 is 5.32 Å². The topological polar surface area (TPSA) is 42.0 Å². The van der Waals surface area contributed by atoms with Gasteiger partial charge in [0.1, 0.15) is 5.82 Å². The van der Waals surface area contributed by atoms with Crippen LogP contribution in [0.25, 0.3) is 22.3 Å². The molecular weight excluding hydrogens is 272 g/mol. The Kier molecular flexibility index (Phi) is 2.97. The van der Waals surface area contributed by atoms with Crippen molar-refractivity contribution in [2.45, 2.75) is 6.42 Å². The van der Waals surface area contributed by atoms with Crippen molar-refractivity contribution in [3.63, 3.8) is 0 Å². The molecule has 1 aliphatic rings. The van der Waals surface area contributed by atoms with Crippen LogP contribution in [-0.2, 0) is 11.2 Å². The van der Waals surface area contributed by atoms with E-state index in [1.807, 2.05) is 36.5 Å². The first-order valence-corrected chi connectivity index (χ1v) is 7.25. The van der Waals surface area contributed by atoms with Crippen LogP contribution in [0.2, 0.25) is 0 Å². The molecule has 0 unspecified atom stereocenters. The number of rotatable bonds is 2. The van der Waals surface area contributed by atoms with Gasteiger partial charge in [0.25, 0.3) is 0 Å². The summed E-state index contributed by atoms with van der Waals surface area (Å²) in [7, 11) is 0. The quantitative estimate of drug-likeness (QED) is 0.776. The highest BCUT2D eigenvalue weighted by molar-refractivity contribution is 5.98. The van der Waals surface area contributed by atoms with Crippen molar-refractivity contribution in [3.8, 4) is 22.3 Å². The molecule has 0 saturated heterocycles. The first kappa shape index (κ1) is 12.8. The van der Waals surface area contributed by atoms with Crippen LogP contribution < -0.4 is 5.32 Å². The fourth-order valence-corrected chi connectivity index (χ4v) is 2.86. The van der Waals surface area contributed by atoms with Crippen LogP contribution in [0.4, 0.5) is 5.82 Å². The van der Waals surface area contributed by atoms with Crippen molar-refractivity contribution in [3.05, 3.63) is 72.4 Å². The summed E-state index contributed by atoms with van der Waals surface area (Å²) in [5.74, 6) is 0.696. The molecule has 0 saturated carbocycles. The second kappa shape index (κ2) is 5.11. The van der Waals surface area contributed by atoms with Crippen molar-refractivity contribution in [1.29, 1.82) is 0 Å². The Hall–Kier alpha value is -2.94. The smallest absolute Gasteiger partial charge is 0.230 e. The number of nitrogens with one attached hydrogen (secondary N) is 1. The number of amides is 1. The molecule has 22 heavy (non-hydrogen) atoms. The SMILES string of the molecule is O=C1Cc2cc(-c3ccccc3-c3ccccc3)cnc2N1. The Labute approximate surface area is 128 Å². The maximum absolute atomic E-state index is 11.5. The third kappa shape index (κ3) is 2.17. The summed E-state index contributed by atoms with van der Waals surface area (Å²) in [4.78, 5) is 15.9. The van der Waals surface area contributed by atoms with Crippen molar-refractivity contribution < 1.29 is 4.79 Å². The van der Waals surface area contributed by atoms with E-state index in [4.69, 9.17) is 0 Å². The molecule has 0 spiro atoms. The number of carbonyl (C=O) groups excluding carboxylic acids is 1. The van der Waals surface area contributed by atoms with Crippen molar-refractivity contribution in [2.24, 2.45) is 0 Å². The van der Waals surface area contributed by atoms with E-state index >= 15 is 0 Å². The summed E-state index contributed by atoms with van der Waals surface area (Å²) < 4.78 is 0. The van der Waals surface area contributed by atoms with Crippen LogP contribution in [0.5, 0.6) is 0 Å². The third-order valence-electron chi connectivity index (χ3n) is 3.90. The Morgan fingerprint density at radius 2 is 1.55 bits per heavy atom. The lowest BCUT2D eigenvalue weighted by Crippen LogP contribution is -2.04. The molecule has 2 aromatic carbocycles. The number of nitrogens with zero attached hydrogens (tertiary/aromatic N) is 1. The highest BCUT2D eigenvalue weighted by Gasteiger charge is 2.19. The fraction of sp³-hybridized carbons (Fsp3) is 0.0526. The average molecular weight is 286 g/mol. The number of aromatic nitrogens is 1. The minimum Gasteiger partial charge on any atom is -0.310 e. The monoisotopic (exact) mass is 286 g/mol. The molecule has 2 heterocycles. The maximum atomic E-state index is 11.5. The van der Waals surface area contributed by atoms with Crippen LogP contribution in [0.1, 0.15) is 5.56 Å². The minimum absolute atomic E-state index is 0.0102. The van der Waals surface area contributed by atoms with E-state index in [9.17, 15) is 4.79 Å². The predicted molar refractivity (Wildman–Crippen MR) is 87.4 cm³/mol. The Morgan fingerprint density at radius 1 is 0.864 bits per heavy atom. The first-order valence-electron chi connectivity index (χ1n) is 7.25. The van der Waals surface area contributed by atoms with Gasteiger partial charge in [-0.05, 0) is 22.8 Å². The minimum atomic E-state index is 0.0102. The summed E-state index contributed by atoms with van der Waals surface area (Å²) in [6.07, 6.45) is 2.23. The second-order valence-corrected chi connectivity index (χ2v) is 5.37. The van der Waals surface area contributed by atoms with E-state index in [2.05, 4.69) is 40.6 Å². The van der Waals surface area contributed by atoms with Gasteiger partial charge in [-0.25, -0.2) is 4.98 Å². The molecule has 0 fully saturated rings. The van der Waals surface area contributed by atoms with E-state index < -0.39 is 0 Å². The number of hydrogen-bond acceptors (Lipinski definition) is 2. The van der Waals surface area contributed by atoms with Crippen LogP contribution in [-0.4, -0.2) is 10.9 Å². The molecule has 3 aromatic rings. The lowest BCUT2D eigenvalue weighted by Gasteiger charge is -2.10. The second-order valence-electron chi connectivity index (χ2n) is 5.37. The van der Waals surface area contributed by atoms with E-state index in [0.29, 0.717) is 12.2 Å². The summed E-state index contributed by atoms with van der Waals surface area (Å²) in [6, 6.07) is 20.6. The van der Waals surface area contributed by atoms with Gasteiger partial charge in [-0.2, -0.15) is 0 Å². The number of hydrogen-bond donors (Lipinski definition) is 1. The molecule has 4 rings (SSSR count). The van der Waals surface area contributed by atoms with E-state index in [0.717, 1.165) is 16.7 Å². The van der Waals surface area contributed by atoms with Gasteiger partial charge in [0.2, 0.25) is 5.91 Å². The molecule has 0 bridgehead atoms. The summed E-state index contributed by atoms with van der Waals surface area (Å²) in [5.41, 5.74) is 5.47. The van der Waals surface area contributed by atoms with E-state index in [1.54, 1.807) is 0 Å². The number of pyridine rings is 1. The number of benzene rings is 2. The van der Waals surface area contributed by atoms with Crippen LogP contribution in [0.15, 0.2) is 66.9 Å². The highest BCUT2D eigenvalue weighted by Crippen LogP contribution is 2.33. The van der Waals surface area contributed by atoms with Gasteiger partial charge in [-0.3, -0.25) is 4.79 Å². The normalized spacial score (nSPS) is 12.8. The molecule has 0 radical (unpaired) electrons. The third-order valence-corrected chi connectivity index (χ3v) is 3.90. The molecule has 1 amide bonds. The first-order chi connectivity index (χ1) is 10.8. The van der Waals surface area contributed by atoms with Gasteiger partial charge in [0, 0.05) is 17.3 Å². The zero-order valence-electron chi connectivity index (χ0n) is 11.9. The molecule has 3 nitrogen and oxygen atoms in total. The lowest BCUT2D eigenvalue weighted by molar-refractivity contribution is -0.115. The number of fused-ring (bicyclic) bond motifs is 1. The van der Waals surface area contributed by atoms with Gasteiger partial charge in [-0.15, -0.1) is 0 Å². The lowest BCUT2D eigenvalue weighted by atomic mass is 9.95. The summed E-state index contributed by atoms with van der Waals surface area (Å²) in [5, 5.41) is 2.77. The average Bonchev–Trinajstić information content (AvgIpc) is 2.95. The molecule has 3 heteroatoms. The zero-order chi connectivity index (χ0) is 14.9. The molecule has 106 valence electrons. The molecule has 0 aliphatic carbocycles. The standard InChI is InChI=1S/C19H14N2O/c22-18-11-14-10-15(12-20-19(14)21-18)17-9-5-4-8-16(17)13-6-2-1-3-7-13/h1-10,12H,11H2,(H,20,21,22). The van der Waals surface area contributed by atoms with Gasteiger partial charge in [0.05, 0.1) is 6.42 Å². The predicted octanol–water partition coefficient (Wildman–Crippen LogP) is 3.91. The summed E-state index contributed by atoms with van der Waals surface area (Å²) >= 11 is 0. The largest absolute Gasteiger partial charge is 0.310 e. The Balaban J connectivity index is 1.85. The van der Waals surface area contributed by atoms with Gasteiger partial charge in [-0.1, -0.05) is 54.6 Å². The molecule has 1 N–H and O–H groups in total. The Morgan fingerprint density at radius 3 is 2.32 bits per heavy atom. The van der Waals surface area contributed by atoms with Crippen molar-refractivity contribution >= 4 is 11.7 Å². The maximum Gasteiger partial charge on any atom is 0.230 e. The highest BCUT2D eigenvalue weighted by atomic mass is 16.1. The molecule has 1 aliphatic heterocycles.